The topological polar surface area (TPSA) is 52.7 Å². The van der Waals surface area contributed by atoms with Gasteiger partial charge in [-0.2, -0.15) is 14.9 Å². The van der Waals surface area contributed by atoms with Crippen molar-refractivity contribution in [1.82, 2.24) is 19.6 Å². The smallest absolute Gasteiger partial charge is 0.265 e. The molecule has 0 saturated heterocycles. The molecule has 0 unspecified atom stereocenters. The Kier molecular flexibility index (Phi) is 3.27. The molecule has 4 aromatic rings. The average molecular weight is 316 g/mol. The molecule has 0 aliphatic rings. The first-order valence-electron chi connectivity index (χ1n) is 7.75. The van der Waals surface area contributed by atoms with Gasteiger partial charge >= 0.3 is 0 Å². The summed E-state index contributed by atoms with van der Waals surface area (Å²) in [5.41, 5.74) is 3.86. The Morgan fingerprint density at radius 3 is 2.21 bits per heavy atom. The molecule has 4 rings (SSSR count). The Morgan fingerprint density at radius 1 is 0.833 bits per heavy atom. The number of benzene rings is 2. The minimum atomic E-state index is -0.180. The summed E-state index contributed by atoms with van der Waals surface area (Å²) >= 11 is 0. The number of aryl methyl sites for hydroxylation is 2. The van der Waals surface area contributed by atoms with Crippen molar-refractivity contribution in [3.8, 4) is 11.4 Å². The molecule has 0 bridgehead atoms. The minimum Gasteiger partial charge on any atom is -0.265 e. The molecular formula is C19H16N4O. The van der Waals surface area contributed by atoms with Crippen molar-refractivity contribution in [2.75, 3.05) is 0 Å². The van der Waals surface area contributed by atoms with E-state index in [-0.39, 0.29) is 5.56 Å². The molecule has 2 aromatic heterocycles. The molecule has 0 spiro atoms. The van der Waals surface area contributed by atoms with E-state index >= 15 is 0 Å². The highest BCUT2D eigenvalue weighted by Crippen LogP contribution is 2.18. The van der Waals surface area contributed by atoms with Crippen molar-refractivity contribution >= 4 is 10.9 Å². The Bertz CT molecular complexity index is 1080. The number of hydrogen-bond acceptors (Lipinski definition) is 3. The molecular weight excluding hydrogens is 300 g/mol. The first-order chi connectivity index (χ1) is 11.6. The Hall–Kier alpha value is -3.21. The van der Waals surface area contributed by atoms with Gasteiger partial charge in [0.25, 0.3) is 5.56 Å². The van der Waals surface area contributed by atoms with Crippen LogP contribution in [0.25, 0.3) is 22.3 Å². The Balaban J connectivity index is 2.03. The number of aromatic nitrogens is 4. The van der Waals surface area contributed by atoms with Crippen LogP contribution in [0.15, 0.2) is 65.6 Å². The summed E-state index contributed by atoms with van der Waals surface area (Å²) < 4.78 is 3.12. The lowest BCUT2D eigenvalue weighted by molar-refractivity contribution is 0.790. The standard InChI is InChI=1S/C19H16N4O/c1-13-8-10-16(11-9-13)23-19(24)18-17(14(2)21-23)12-20-22(18)15-6-4-3-5-7-15/h3-12H,1-2H3. The molecule has 5 nitrogen and oxygen atoms in total. The van der Waals surface area contributed by atoms with E-state index in [0.29, 0.717) is 5.52 Å². The molecule has 0 N–H and O–H groups in total. The molecule has 118 valence electrons. The van der Waals surface area contributed by atoms with Crippen LogP contribution in [0, 0.1) is 13.8 Å². The van der Waals surface area contributed by atoms with Crippen molar-refractivity contribution in [1.29, 1.82) is 0 Å². The van der Waals surface area contributed by atoms with Crippen molar-refractivity contribution in [2.45, 2.75) is 13.8 Å². The van der Waals surface area contributed by atoms with Crippen molar-refractivity contribution in [2.24, 2.45) is 0 Å². The van der Waals surface area contributed by atoms with Crippen LogP contribution in [0.4, 0.5) is 0 Å². The number of rotatable bonds is 2. The maximum atomic E-state index is 13.1. The molecule has 0 amide bonds. The average Bonchev–Trinajstić information content (AvgIpc) is 3.06. The molecule has 0 aliphatic carbocycles. The number of fused-ring (bicyclic) bond motifs is 1. The molecule has 5 heteroatoms. The van der Waals surface area contributed by atoms with Crippen molar-refractivity contribution in [3.63, 3.8) is 0 Å². The Labute approximate surface area is 138 Å². The Morgan fingerprint density at radius 2 is 1.50 bits per heavy atom. The van der Waals surface area contributed by atoms with E-state index in [0.717, 1.165) is 28.0 Å². The first-order valence-corrected chi connectivity index (χ1v) is 7.75. The van der Waals surface area contributed by atoms with E-state index in [1.807, 2.05) is 68.4 Å². The SMILES string of the molecule is Cc1ccc(-n2nc(C)c3cnn(-c4ccccc4)c3c2=O)cc1. The van der Waals surface area contributed by atoms with Crippen LogP contribution in [-0.4, -0.2) is 19.6 Å². The van der Waals surface area contributed by atoms with Gasteiger partial charge in [-0.25, -0.2) is 4.68 Å². The zero-order valence-electron chi connectivity index (χ0n) is 13.5. The summed E-state index contributed by atoms with van der Waals surface area (Å²) in [4.78, 5) is 13.1. The largest absolute Gasteiger partial charge is 0.298 e. The van der Waals surface area contributed by atoms with Gasteiger partial charge in [0, 0.05) is 5.39 Å². The zero-order valence-corrected chi connectivity index (χ0v) is 13.5. The summed E-state index contributed by atoms with van der Waals surface area (Å²) in [6.07, 6.45) is 1.70. The minimum absolute atomic E-state index is 0.180. The lowest BCUT2D eigenvalue weighted by atomic mass is 10.2. The van der Waals surface area contributed by atoms with Crippen molar-refractivity contribution in [3.05, 3.63) is 82.4 Å². The predicted molar refractivity (Wildman–Crippen MR) is 93.9 cm³/mol. The summed E-state index contributed by atoms with van der Waals surface area (Å²) in [7, 11) is 0. The maximum absolute atomic E-state index is 13.1. The van der Waals surface area contributed by atoms with Gasteiger partial charge < -0.3 is 0 Å². The zero-order chi connectivity index (χ0) is 16.7. The highest BCUT2D eigenvalue weighted by Gasteiger charge is 2.15. The third-order valence-corrected chi connectivity index (χ3v) is 4.08. The molecule has 2 aromatic carbocycles. The highest BCUT2D eigenvalue weighted by molar-refractivity contribution is 5.81. The number of nitrogens with zero attached hydrogens (tertiary/aromatic N) is 4. The van der Waals surface area contributed by atoms with Gasteiger partial charge in [0.05, 0.1) is 23.3 Å². The summed E-state index contributed by atoms with van der Waals surface area (Å²) in [6.45, 7) is 3.91. The van der Waals surface area contributed by atoms with Crippen LogP contribution in [0.1, 0.15) is 11.3 Å². The number of para-hydroxylation sites is 1. The van der Waals surface area contributed by atoms with Gasteiger partial charge in [-0.05, 0) is 38.1 Å². The third-order valence-electron chi connectivity index (χ3n) is 4.08. The van der Waals surface area contributed by atoms with Gasteiger partial charge in [-0.3, -0.25) is 4.79 Å². The molecule has 0 saturated carbocycles. The van der Waals surface area contributed by atoms with E-state index < -0.39 is 0 Å². The molecule has 0 aliphatic heterocycles. The molecule has 2 heterocycles. The molecule has 0 radical (unpaired) electrons. The van der Waals surface area contributed by atoms with Gasteiger partial charge in [0.15, 0.2) is 0 Å². The van der Waals surface area contributed by atoms with Gasteiger partial charge in [-0.1, -0.05) is 35.9 Å². The lowest BCUT2D eigenvalue weighted by Gasteiger charge is -2.08. The monoisotopic (exact) mass is 316 g/mol. The first kappa shape index (κ1) is 14.4. The predicted octanol–water partition coefficient (Wildman–Crippen LogP) is 3.19. The highest BCUT2D eigenvalue weighted by atomic mass is 16.1. The molecule has 24 heavy (non-hydrogen) atoms. The van der Waals surface area contributed by atoms with E-state index in [9.17, 15) is 4.79 Å². The van der Waals surface area contributed by atoms with Gasteiger partial charge in [0.2, 0.25) is 0 Å². The second-order valence-electron chi connectivity index (χ2n) is 5.79. The van der Waals surface area contributed by atoms with Crippen LogP contribution in [0.2, 0.25) is 0 Å². The van der Waals surface area contributed by atoms with Gasteiger partial charge in [-0.15, -0.1) is 0 Å². The summed E-state index contributed by atoms with van der Waals surface area (Å²) in [5, 5.41) is 9.63. The second-order valence-corrected chi connectivity index (χ2v) is 5.79. The second kappa shape index (κ2) is 5.45. The van der Waals surface area contributed by atoms with Crippen LogP contribution >= 0.6 is 0 Å². The van der Waals surface area contributed by atoms with Crippen LogP contribution < -0.4 is 5.56 Å². The molecule has 0 atom stereocenters. The fourth-order valence-electron chi connectivity index (χ4n) is 2.79. The van der Waals surface area contributed by atoms with Gasteiger partial charge in [0.1, 0.15) is 5.52 Å². The van der Waals surface area contributed by atoms with E-state index in [4.69, 9.17) is 0 Å². The van der Waals surface area contributed by atoms with Crippen LogP contribution in [0.5, 0.6) is 0 Å². The fraction of sp³-hybridized carbons (Fsp3) is 0.105. The van der Waals surface area contributed by atoms with Crippen LogP contribution in [0.3, 0.4) is 0 Å². The van der Waals surface area contributed by atoms with Crippen molar-refractivity contribution < 1.29 is 0 Å². The summed E-state index contributed by atoms with van der Waals surface area (Å²) in [6, 6.07) is 17.4. The molecule has 0 fully saturated rings. The van der Waals surface area contributed by atoms with E-state index in [1.165, 1.54) is 4.68 Å². The lowest BCUT2D eigenvalue weighted by Crippen LogP contribution is -2.24. The number of hydrogen-bond donors (Lipinski definition) is 0. The quantitative estimate of drug-likeness (QED) is 0.571. The summed E-state index contributed by atoms with van der Waals surface area (Å²) in [5.74, 6) is 0. The van der Waals surface area contributed by atoms with E-state index in [1.54, 1.807) is 10.9 Å². The van der Waals surface area contributed by atoms with Crippen LogP contribution in [-0.2, 0) is 0 Å². The maximum Gasteiger partial charge on any atom is 0.298 e. The normalized spacial score (nSPS) is 11.1. The van der Waals surface area contributed by atoms with E-state index in [2.05, 4.69) is 10.2 Å². The third kappa shape index (κ3) is 2.22. The fourth-order valence-corrected chi connectivity index (χ4v) is 2.79.